The van der Waals surface area contributed by atoms with E-state index < -0.39 is 12.0 Å². The molecule has 0 radical (unpaired) electrons. The van der Waals surface area contributed by atoms with Crippen molar-refractivity contribution in [2.45, 2.75) is 26.0 Å². The van der Waals surface area contributed by atoms with Crippen molar-refractivity contribution in [1.82, 2.24) is 15.1 Å². The first-order chi connectivity index (χ1) is 9.88. The fourth-order valence-corrected chi connectivity index (χ4v) is 4.22. The van der Waals surface area contributed by atoms with Crippen molar-refractivity contribution >= 4 is 11.8 Å². The van der Waals surface area contributed by atoms with Gasteiger partial charge in [-0.25, -0.2) is 0 Å². The summed E-state index contributed by atoms with van der Waals surface area (Å²) in [7, 11) is 2.13. The molecule has 0 bridgehead atoms. The van der Waals surface area contributed by atoms with E-state index in [1.807, 2.05) is 11.8 Å². The first-order valence-corrected chi connectivity index (χ1v) is 7.84. The summed E-state index contributed by atoms with van der Waals surface area (Å²) in [5.74, 6) is 0.442. The van der Waals surface area contributed by atoms with Gasteiger partial charge < -0.3 is 20.2 Å². The highest BCUT2D eigenvalue weighted by molar-refractivity contribution is 5.90. The SMILES string of the molecule is CC(C(=O)N1CC2CN(C)CC2C1)[C@H]1NC(=O)[C@@H]1C(C)O. The number of hydrogen-bond acceptors (Lipinski definition) is 4. The molecule has 3 fully saturated rings. The van der Waals surface area contributed by atoms with Gasteiger partial charge in [-0.2, -0.15) is 0 Å². The number of hydrogen-bond donors (Lipinski definition) is 2. The molecular weight excluding hydrogens is 270 g/mol. The fourth-order valence-electron chi connectivity index (χ4n) is 4.22. The van der Waals surface area contributed by atoms with Gasteiger partial charge in [0.15, 0.2) is 0 Å². The van der Waals surface area contributed by atoms with Gasteiger partial charge in [0.1, 0.15) is 0 Å². The summed E-state index contributed by atoms with van der Waals surface area (Å²) in [5, 5.41) is 12.5. The number of carbonyl (C=O) groups excluding carboxylic acids is 2. The normalized spacial score (nSPS) is 38.7. The number of aliphatic hydroxyl groups is 1. The fraction of sp³-hybridized carbons (Fsp3) is 0.867. The van der Waals surface area contributed by atoms with Gasteiger partial charge in [0, 0.05) is 26.2 Å². The summed E-state index contributed by atoms with van der Waals surface area (Å²) in [4.78, 5) is 28.5. The first-order valence-electron chi connectivity index (χ1n) is 7.84. The van der Waals surface area contributed by atoms with Gasteiger partial charge in [-0.05, 0) is 25.8 Å². The molecule has 6 atom stereocenters. The lowest BCUT2D eigenvalue weighted by Gasteiger charge is -2.42. The van der Waals surface area contributed by atoms with Crippen molar-refractivity contribution in [3.8, 4) is 0 Å². The second-order valence-corrected chi connectivity index (χ2v) is 7.07. The van der Waals surface area contributed by atoms with Crippen LogP contribution in [0.4, 0.5) is 0 Å². The van der Waals surface area contributed by atoms with E-state index in [0.717, 1.165) is 26.2 Å². The minimum atomic E-state index is -0.703. The summed E-state index contributed by atoms with van der Waals surface area (Å²) in [6.07, 6.45) is -0.703. The van der Waals surface area contributed by atoms with E-state index in [-0.39, 0.29) is 23.8 Å². The number of nitrogens with zero attached hydrogens (tertiary/aromatic N) is 2. The Bertz CT molecular complexity index is 439. The Morgan fingerprint density at radius 1 is 1.24 bits per heavy atom. The van der Waals surface area contributed by atoms with Crippen molar-refractivity contribution in [1.29, 1.82) is 0 Å². The molecule has 2 amide bonds. The van der Waals surface area contributed by atoms with Crippen molar-refractivity contribution in [2.75, 3.05) is 33.2 Å². The minimum Gasteiger partial charge on any atom is -0.393 e. The Morgan fingerprint density at radius 2 is 1.81 bits per heavy atom. The molecule has 3 saturated heterocycles. The Morgan fingerprint density at radius 3 is 2.29 bits per heavy atom. The van der Waals surface area contributed by atoms with E-state index in [9.17, 15) is 14.7 Å². The number of fused-ring (bicyclic) bond motifs is 1. The van der Waals surface area contributed by atoms with Gasteiger partial charge in [0.25, 0.3) is 0 Å². The maximum atomic E-state index is 12.6. The van der Waals surface area contributed by atoms with Gasteiger partial charge in [-0.1, -0.05) is 6.92 Å². The van der Waals surface area contributed by atoms with Crippen LogP contribution in [-0.2, 0) is 9.59 Å². The number of nitrogens with one attached hydrogen (secondary N) is 1. The van der Waals surface area contributed by atoms with Crippen molar-refractivity contribution in [3.63, 3.8) is 0 Å². The first kappa shape index (κ1) is 14.8. The number of carbonyl (C=O) groups is 2. The minimum absolute atomic E-state index is 0.114. The van der Waals surface area contributed by atoms with Crippen LogP contribution in [0.1, 0.15) is 13.8 Å². The highest BCUT2D eigenvalue weighted by Gasteiger charge is 2.49. The van der Waals surface area contributed by atoms with Gasteiger partial charge in [-0.15, -0.1) is 0 Å². The lowest BCUT2D eigenvalue weighted by Crippen LogP contribution is -2.66. The topological polar surface area (TPSA) is 72.9 Å². The van der Waals surface area contributed by atoms with E-state index in [0.29, 0.717) is 11.8 Å². The Balaban J connectivity index is 1.60. The molecule has 0 aliphatic carbocycles. The third kappa shape index (κ3) is 2.44. The summed E-state index contributed by atoms with van der Waals surface area (Å²) in [6, 6.07) is -0.229. The van der Waals surface area contributed by atoms with Crippen LogP contribution in [0.5, 0.6) is 0 Å². The Labute approximate surface area is 125 Å². The standard InChI is InChI=1S/C15H25N3O3/c1-8(13-12(9(2)19)14(20)16-13)15(21)18-6-10-4-17(3)5-11(10)7-18/h8-13,19H,4-7H2,1-3H3,(H,16,20)/t8?,9?,10?,11?,12-,13-/m1/s1. The molecule has 3 heterocycles. The summed E-state index contributed by atoms with van der Waals surface area (Å²) >= 11 is 0. The Kier molecular flexibility index (Phi) is 3.69. The van der Waals surface area contributed by atoms with Crippen LogP contribution in [-0.4, -0.2) is 72.1 Å². The monoisotopic (exact) mass is 295 g/mol. The average molecular weight is 295 g/mol. The van der Waals surface area contributed by atoms with Gasteiger partial charge in [0.05, 0.1) is 24.0 Å². The largest absolute Gasteiger partial charge is 0.393 e. The summed E-state index contributed by atoms with van der Waals surface area (Å²) < 4.78 is 0. The van der Waals surface area contributed by atoms with Gasteiger partial charge in [-0.3, -0.25) is 9.59 Å². The van der Waals surface area contributed by atoms with Crippen LogP contribution < -0.4 is 5.32 Å². The molecule has 6 heteroatoms. The quantitative estimate of drug-likeness (QED) is 0.665. The maximum Gasteiger partial charge on any atom is 0.228 e. The van der Waals surface area contributed by atoms with Crippen molar-refractivity contribution < 1.29 is 14.7 Å². The third-order valence-electron chi connectivity index (χ3n) is 5.43. The molecule has 21 heavy (non-hydrogen) atoms. The molecule has 6 nitrogen and oxygen atoms in total. The lowest BCUT2D eigenvalue weighted by molar-refractivity contribution is -0.148. The summed E-state index contributed by atoms with van der Waals surface area (Å²) in [6.45, 7) is 7.28. The van der Waals surface area contributed by atoms with E-state index in [2.05, 4.69) is 17.3 Å². The predicted octanol–water partition coefficient (Wildman–Crippen LogP) is -0.862. The van der Waals surface area contributed by atoms with Crippen LogP contribution in [0, 0.1) is 23.7 Å². The zero-order valence-corrected chi connectivity index (χ0v) is 13.0. The molecule has 0 aromatic heterocycles. The van der Waals surface area contributed by atoms with Crippen LogP contribution in [0.15, 0.2) is 0 Å². The van der Waals surface area contributed by atoms with E-state index in [4.69, 9.17) is 0 Å². The highest BCUT2D eigenvalue weighted by atomic mass is 16.3. The number of β-lactam (4-membered cyclic amide) rings is 1. The van der Waals surface area contributed by atoms with Crippen LogP contribution in [0.25, 0.3) is 0 Å². The molecule has 0 aromatic rings. The number of likely N-dealkylation sites (tertiary alicyclic amines) is 2. The second-order valence-electron chi connectivity index (χ2n) is 7.07. The van der Waals surface area contributed by atoms with E-state index >= 15 is 0 Å². The highest BCUT2D eigenvalue weighted by Crippen LogP contribution is 2.33. The van der Waals surface area contributed by atoms with Crippen molar-refractivity contribution in [3.05, 3.63) is 0 Å². The molecule has 0 aromatic carbocycles. The molecule has 3 aliphatic heterocycles. The van der Waals surface area contributed by atoms with E-state index in [1.165, 1.54) is 0 Å². The second kappa shape index (κ2) is 5.25. The number of aliphatic hydroxyl groups excluding tert-OH is 1. The molecule has 0 saturated carbocycles. The third-order valence-corrected chi connectivity index (χ3v) is 5.43. The van der Waals surface area contributed by atoms with Crippen molar-refractivity contribution in [2.24, 2.45) is 23.7 Å². The van der Waals surface area contributed by atoms with Gasteiger partial charge >= 0.3 is 0 Å². The zero-order chi connectivity index (χ0) is 15.3. The van der Waals surface area contributed by atoms with E-state index in [1.54, 1.807) is 6.92 Å². The molecule has 118 valence electrons. The molecule has 2 N–H and O–H groups in total. The van der Waals surface area contributed by atoms with Crippen LogP contribution in [0.3, 0.4) is 0 Å². The number of amides is 2. The maximum absolute atomic E-state index is 12.6. The Hall–Kier alpha value is -1.14. The average Bonchev–Trinajstić information content (AvgIpc) is 2.90. The molecule has 0 spiro atoms. The summed E-state index contributed by atoms with van der Waals surface area (Å²) in [5.41, 5.74) is 0. The van der Waals surface area contributed by atoms with Crippen LogP contribution in [0.2, 0.25) is 0 Å². The lowest BCUT2D eigenvalue weighted by atomic mass is 9.78. The molecule has 3 aliphatic rings. The molecule has 4 unspecified atom stereocenters. The van der Waals surface area contributed by atoms with Crippen LogP contribution >= 0.6 is 0 Å². The molecule has 3 rings (SSSR count). The smallest absolute Gasteiger partial charge is 0.228 e. The predicted molar refractivity (Wildman–Crippen MR) is 77.3 cm³/mol. The molecular formula is C15H25N3O3. The number of rotatable bonds is 3. The zero-order valence-electron chi connectivity index (χ0n) is 13.0. The van der Waals surface area contributed by atoms with Gasteiger partial charge in [0.2, 0.25) is 11.8 Å².